The summed E-state index contributed by atoms with van der Waals surface area (Å²) < 4.78 is 4.86. The van der Waals surface area contributed by atoms with Crippen molar-refractivity contribution < 1.29 is 29.0 Å². The van der Waals surface area contributed by atoms with Gasteiger partial charge in [0.1, 0.15) is 30.3 Å². The summed E-state index contributed by atoms with van der Waals surface area (Å²) in [5.41, 5.74) is 5.75. The van der Waals surface area contributed by atoms with Crippen LogP contribution in [0.15, 0.2) is 60.8 Å². The molecule has 5 N–H and O–H groups in total. The first-order chi connectivity index (χ1) is 28.9. The molecule has 1 spiro atoms. The molecule has 0 aliphatic carbocycles. The maximum atomic E-state index is 14.1. The number of aromatic nitrogens is 4. The number of methoxy groups -OCH3 is 1. The largest absolute Gasteiger partial charge is 0.453 e. The van der Waals surface area contributed by atoms with Crippen LogP contribution in [0.1, 0.15) is 77.1 Å². The predicted molar refractivity (Wildman–Crippen MR) is 232 cm³/mol. The van der Waals surface area contributed by atoms with Gasteiger partial charge in [-0.1, -0.05) is 95.1 Å². The molecule has 3 fully saturated rings. The van der Waals surface area contributed by atoms with Gasteiger partial charge in [-0.3, -0.25) is 14.4 Å². The summed E-state index contributed by atoms with van der Waals surface area (Å²) in [6.45, 7) is 7.56. The van der Waals surface area contributed by atoms with E-state index < -0.39 is 38.8 Å². The second kappa shape index (κ2) is 16.8. The number of likely N-dealkylation sites (tertiary alicyclic amines) is 1. The van der Waals surface area contributed by atoms with Crippen LogP contribution in [0.5, 0.6) is 0 Å². The minimum Gasteiger partial charge on any atom is -0.453 e. The van der Waals surface area contributed by atoms with E-state index in [1.54, 1.807) is 4.90 Å². The molecule has 2 unspecified atom stereocenters. The quantitative estimate of drug-likeness (QED) is 0.0920. The van der Waals surface area contributed by atoms with E-state index in [0.717, 1.165) is 80.9 Å². The van der Waals surface area contributed by atoms with Gasteiger partial charge >= 0.3 is 6.09 Å². The second-order valence-corrected chi connectivity index (χ2v) is 22.4. The Morgan fingerprint density at radius 1 is 0.833 bits per heavy atom. The highest BCUT2D eigenvalue weighted by Gasteiger charge is 2.51. The van der Waals surface area contributed by atoms with Crippen molar-refractivity contribution in [1.82, 2.24) is 40.4 Å². The van der Waals surface area contributed by atoms with Crippen LogP contribution in [0.3, 0.4) is 0 Å². The van der Waals surface area contributed by atoms with Crippen molar-refractivity contribution in [3.05, 3.63) is 72.4 Å². The maximum Gasteiger partial charge on any atom is 0.407 e. The van der Waals surface area contributed by atoms with E-state index >= 15 is 0 Å². The average molecular weight is 833 g/mol. The normalized spacial score (nSPS) is 19.8. The van der Waals surface area contributed by atoms with E-state index in [1.165, 1.54) is 32.0 Å². The number of alkyl carbamates (subject to hydrolysis) is 1. The van der Waals surface area contributed by atoms with Crippen LogP contribution in [-0.2, 0) is 19.1 Å². The van der Waals surface area contributed by atoms with Crippen molar-refractivity contribution in [3.63, 3.8) is 0 Å². The summed E-state index contributed by atoms with van der Waals surface area (Å²) in [7, 11) is -0.366. The first kappa shape index (κ1) is 41.2. The minimum atomic E-state index is -1.68. The summed E-state index contributed by atoms with van der Waals surface area (Å²) in [4.78, 5) is 72.8. The zero-order valence-electron chi connectivity index (χ0n) is 35.1. The molecule has 5 heterocycles. The van der Waals surface area contributed by atoms with Crippen LogP contribution < -0.4 is 10.6 Å². The number of aliphatic hydroxyl groups is 1. The minimum absolute atomic E-state index is 0.0711. The van der Waals surface area contributed by atoms with E-state index in [1.807, 2.05) is 44.9 Å². The van der Waals surface area contributed by atoms with Gasteiger partial charge in [0, 0.05) is 18.1 Å². The number of aliphatic hydroxyl groups excluding tert-OH is 1. The number of fused-ring (bicyclic) bond motifs is 3. The smallest absolute Gasteiger partial charge is 0.407 e. The summed E-state index contributed by atoms with van der Waals surface area (Å²) in [5, 5.41) is 16.8. The molecule has 14 nitrogen and oxygen atoms in total. The van der Waals surface area contributed by atoms with Crippen molar-refractivity contribution in [1.29, 1.82) is 0 Å². The number of benzene rings is 3. The Balaban J connectivity index is 1.00. The highest BCUT2D eigenvalue weighted by molar-refractivity contribution is 6.81. The summed E-state index contributed by atoms with van der Waals surface area (Å²) >= 11 is 0. The number of rotatable bonds is 11. The molecule has 2 aromatic heterocycles. The molecule has 3 aliphatic heterocycles. The summed E-state index contributed by atoms with van der Waals surface area (Å²) in [6.07, 6.45) is 6.08. The third kappa shape index (κ3) is 7.92. The van der Waals surface area contributed by atoms with Gasteiger partial charge in [0.2, 0.25) is 17.7 Å². The number of ether oxygens (including phenoxy) is 1. The Morgan fingerprint density at radius 2 is 1.52 bits per heavy atom. The molecule has 3 saturated heterocycles. The Bertz CT molecular complexity index is 2400. The topological polar surface area (TPSA) is 186 Å². The molecule has 4 atom stereocenters. The number of nitrogens with zero attached hydrogens (tertiary/aromatic N) is 4. The number of carbonyl (C=O) groups excluding carboxylic acids is 4. The number of imidazole rings is 2. The van der Waals surface area contributed by atoms with Crippen molar-refractivity contribution in [2.45, 2.75) is 95.7 Å². The molecule has 0 bridgehead atoms. The highest BCUT2D eigenvalue weighted by Crippen LogP contribution is 2.46. The standard InChI is InChI=1S/C45H56N8O6Si/c1-26(2)38(49-37(55)23-54)43(56)52-18-8-9-35(52)42-47-33-17-15-31-21-30(14-16-32(31)40(33)50-42)28-10-12-29(13-11-28)34-22-46-41(48-34)36-24-60(19-6-7-20-60)25-53(36)44(57)39(27(3)4)51-45(58)59-5/h10-17,21-22,26-27,35-36,38-39,54H,6-9,18-20,23-25H2,1-5H3,(H,46,48)(H,47,50)(H,49,55)(H,51,58)/t35-,36?,38?,39-/m0/s1. The van der Waals surface area contributed by atoms with E-state index in [9.17, 15) is 24.3 Å². The number of hydrogen-bond acceptors (Lipinski definition) is 8. The molecule has 60 heavy (non-hydrogen) atoms. The van der Waals surface area contributed by atoms with Gasteiger partial charge in [-0.25, -0.2) is 14.8 Å². The van der Waals surface area contributed by atoms with Crippen LogP contribution in [0.4, 0.5) is 4.79 Å². The van der Waals surface area contributed by atoms with Crippen molar-refractivity contribution >= 4 is 53.7 Å². The molecule has 8 rings (SSSR count). The third-order valence-electron chi connectivity index (χ3n) is 13.0. The van der Waals surface area contributed by atoms with Gasteiger partial charge < -0.3 is 40.2 Å². The number of amides is 4. The Kier molecular flexibility index (Phi) is 11.6. The van der Waals surface area contributed by atoms with Crippen LogP contribution in [-0.4, -0.2) is 105 Å². The molecule has 316 valence electrons. The van der Waals surface area contributed by atoms with E-state index in [0.29, 0.717) is 6.54 Å². The van der Waals surface area contributed by atoms with E-state index in [-0.39, 0.29) is 35.7 Å². The molecule has 0 saturated carbocycles. The Hall–Kier alpha value is -5.54. The SMILES string of the molecule is COC(=O)N[C@H](C(=O)N1C[Si]2(CCCC2)CC1c1ncc(-c2ccc(-c3ccc4c(ccc5[nH]c([C@@H]6CCCN6C(=O)C(NC(=O)CO)C(C)C)nc54)c3)cc2)[nH]1)C(C)C. The van der Waals surface area contributed by atoms with Gasteiger partial charge in [-0.15, -0.1) is 0 Å². The fourth-order valence-electron chi connectivity index (χ4n) is 9.78. The first-order valence-corrected chi connectivity index (χ1v) is 24.1. The van der Waals surface area contributed by atoms with Crippen molar-refractivity contribution in [2.24, 2.45) is 11.8 Å². The fraction of sp³-hybridized carbons (Fsp3) is 0.467. The maximum absolute atomic E-state index is 14.1. The summed E-state index contributed by atoms with van der Waals surface area (Å²) in [5.74, 6) is 0.474. The number of carbonyl (C=O) groups is 4. The monoisotopic (exact) mass is 832 g/mol. The van der Waals surface area contributed by atoms with Gasteiger partial charge in [0.05, 0.1) is 50.2 Å². The molecular formula is C45H56N8O6Si. The van der Waals surface area contributed by atoms with Crippen LogP contribution in [0.2, 0.25) is 18.1 Å². The lowest BCUT2D eigenvalue weighted by Gasteiger charge is -2.30. The number of aromatic amines is 2. The molecule has 5 aromatic rings. The van der Waals surface area contributed by atoms with E-state index in [2.05, 4.69) is 69.1 Å². The van der Waals surface area contributed by atoms with Gasteiger partial charge in [0.25, 0.3) is 0 Å². The zero-order chi connectivity index (χ0) is 42.3. The molecule has 3 aliphatic rings. The van der Waals surface area contributed by atoms with Crippen LogP contribution in [0, 0.1) is 11.8 Å². The van der Waals surface area contributed by atoms with Gasteiger partial charge in [-0.05, 0) is 64.9 Å². The zero-order valence-corrected chi connectivity index (χ0v) is 36.1. The average Bonchev–Trinajstić information content (AvgIpc) is 4.11. The lowest BCUT2D eigenvalue weighted by Crippen LogP contribution is -2.52. The summed E-state index contributed by atoms with van der Waals surface area (Å²) in [6, 6.07) is 20.5. The molecule has 3 aromatic carbocycles. The number of hydrogen-bond donors (Lipinski definition) is 5. The Morgan fingerprint density at radius 3 is 2.22 bits per heavy atom. The third-order valence-corrected chi connectivity index (χ3v) is 18.1. The molecule has 4 amide bonds. The first-order valence-electron chi connectivity index (χ1n) is 21.3. The Labute approximate surface area is 350 Å². The predicted octanol–water partition coefficient (Wildman–Crippen LogP) is 6.62. The lowest BCUT2D eigenvalue weighted by molar-refractivity contribution is -0.139. The molecular weight excluding hydrogens is 777 g/mol. The number of nitrogens with one attached hydrogen (secondary N) is 4. The van der Waals surface area contributed by atoms with Gasteiger partial charge in [-0.2, -0.15) is 0 Å². The molecule has 0 radical (unpaired) electrons. The second-order valence-electron chi connectivity index (χ2n) is 17.7. The van der Waals surface area contributed by atoms with Crippen molar-refractivity contribution in [2.75, 3.05) is 26.4 Å². The lowest BCUT2D eigenvalue weighted by atomic mass is 9.99. The number of H-pyrrole nitrogens is 2. The molecule has 15 heteroatoms. The van der Waals surface area contributed by atoms with Crippen molar-refractivity contribution in [3.8, 4) is 22.4 Å². The highest BCUT2D eigenvalue weighted by atomic mass is 28.3. The van der Waals surface area contributed by atoms with Crippen LogP contribution in [0.25, 0.3) is 44.2 Å². The van der Waals surface area contributed by atoms with Gasteiger partial charge in [0.15, 0.2) is 0 Å². The fourth-order valence-corrected chi connectivity index (χ4v) is 15.2. The van der Waals surface area contributed by atoms with E-state index in [4.69, 9.17) is 14.7 Å². The van der Waals surface area contributed by atoms with Crippen LogP contribution >= 0.6 is 0 Å².